The third-order valence-electron chi connectivity index (χ3n) is 1.81. The predicted molar refractivity (Wildman–Crippen MR) is 55.9 cm³/mol. The Hall–Kier alpha value is -0.833. The first-order chi connectivity index (χ1) is 5.90. The van der Waals surface area contributed by atoms with Crippen LogP contribution in [0.25, 0.3) is 0 Å². The smallest absolute Gasteiger partial charge is 0.321 e. The van der Waals surface area contributed by atoms with Crippen molar-refractivity contribution in [3.8, 4) is 0 Å². The van der Waals surface area contributed by atoms with E-state index in [2.05, 4.69) is 0 Å². The summed E-state index contributed by atoms with van der Waals surface area (Å²) in [6.07, 6.45) is 4.70. The van der Waals surface area contributed by atoms with Crippen LogP contribution in [0.3, 0.4) is 0 Å². The molecule has 0 radical (unpaired) electrons. The zero-order valence-electron chi connectivity index (χ0n) is 8.68. The minimum absolute atomic E-state index is 0.123. The molecule has 13 heavy (non-hydrogen) atoms. The first-order valence-electron chi connectivity index (χ1n) is 4.50. The van der Waals surface area contributed by atoms with Crippen molar-refractivity contribution in [1.82, 2.24) is 0 Å². The highest BCUT2D eigenvalue weighted by Gasteiger charge is 2.23. The van der Waals surface area contributed by atoms with Crippen molar-refractivity contribution in [2.75, 3.05) is 0 Å². The van der Waals surface area contributed by atoms with Crippen LogP contribution in [-0.4, -0.2) is 14.3 Å². The second-order valence-electron chi connectivity index (χ2n) is 4.27. The standard InChI is InChI=1S/C10H16O2Si/c1-8-6-5-7-9(8)10(11)12-13(2,3)4/h5-6H,7H2,1-4H3. The molecule has 2 nitrogen and oxygen atoms in total. The first kappa shape index (κ1) is 10.2. The minimum Gasteiger partial charge on any atom is -0.517 e. The quantitative estimate of drug-likeness (QED) is 0.635. The Balaban J connectivity index is 2.66. The van der Waals surface area contributed by atoms with Gasteiger partial charge in [-0.2, -0.15) is 0 Å². The molecule has 0 aromatic rings. The molecule has 0 bridgehead atoms. The fraction of sp³-hybridized carbons (Fsp3) is 0.500. The molecule has 0 fully saturated rings. The lowest BCUT2D eigenvalue weighted by atomic mass is 10.2. The number of hydrogen-bond donors (Lipinski definition) is 0. The lowest BCUT2D eigenvalue weighted by Gasteiger charge is -2.18. The van der Waals surface area contributed by atoms with Gasteiger partial charge in [0.2, 0.25) is 8.32 Å². The third kappa shape index (κ3) is 2.84. The maximum atomic E-state index is 11.6. The van der Waals surface area contributed by atoms with Gasteiger partial charge in [-0.05, 0) is 38.6 Å². The van der Waals surface area contributed by atoms with Crippen molar-refractivity contribution < 1.29 is 9.22 Å². The lowest BCUT2D eigenvalue weighted by Crippen LogP contribution is -2.29. The van der Waals surface area contributed by atoms with Gasteiger partial charge in [-0.15, -0.1) is 0 Å². The van der Waals surface area contributed by atoms with Crippen molar-refractivity contribution in [1.29, 1.82) is 0 Å². The molecule has 0 amide bonds. The average Bonchev–Trinajstić information content (AvgIpc) is 2.30. The zero-order chi connectivity index (χ0) is 10.1. The molecular weight excluding hydrogens is 180 g/mol. The molecule has 72 valence electrons. The largest absolute Gasteiger partial charge is 0.517 e. The van der Waals surface area contributed by atoms with E-state index in [1.165, 1.54) is 0 Å². The minimum atomic E-state index is -1.73. The van der Waals surface area contributed by atoms with E-state index < -0.39 is 8.32 Å². The van der Waals surface area contributed by atoms with Crippen LogP contribution in [0, 0.1) is 0 Å². The van der Waals surface area contributed by atoms with Gasteiger partial charge in [-0.3, -0.25) is 0 Å². The highest BCUT2D eigenvalue weighted by Crippen LogP contribution is 2.21. The van der Waals surface area contributed by atoms with Gasteiger partial charge in [0.15, 0.2) is 0 Å². The summed E-state index contributed by atoms with van der Waals surface area (Å²) in [6, 6.07) is 0. The number of allylic oxidation sites excluding steroid dienone is 3. The van der Waals surface area contributed by atoms with Crippen LogP contribution >= 0.6 is 0 Å². The molecule has 0 aliphatic heterocycles. The summed E-state index contributed by atoms with van der Waals surface area (Å²) >= 11 is 0. The van der Waals surface area contributed by atoms with Crippen molar-refractivity contribution in [2.45, 2.75) is 33.0 Å². The monoisotopic (exact) mass is 196 g/mol. The van der Waals surface area contributed by atoms with Gasteiger partial charge in [-0.25, -0.2) is 4.79 Å². The van der Waals surface area contributed by atoms with E-state index in [9.17, 15) is 4.79 Å². The van der Waals surface area contributed by atoms with Crippen LogP contribution in [0.1, 0.15) is 13.3 Å². The van der Waals surface area contributed by atoms with Crippen LogP contribution in [-0.2, 0) is 9.22 Å². The van der Waals surface area contributed by atoms with Gasteiger partial charge in [-0.1, -0.05) is 12.2 Å². The Kier molecular flexibility index (Phi) is 2.76. The molecule has 0 spiro atoms. The van der Waals surface area contributed by atoms with Crippen LogP contribution in [0.15, 0.2) is 23.3 Å². The second-order valence-corrected chi connectivity index (χ2v) is 8.70. The van der Waals surface area contributed by atoms with Gasteiger partial charge in [0, 0.05) is 5.57 Å². The summed E-state index contributed by atoms with van der Waals surface area (Å²) < 4.78 is 5.39. The molecule has 0 aromatic heterocycles. The van der Waals surface area contributed by atoms with Crippen molar-refractivity contribution in [2.24, 2.45) is 0 Å². The highest BCUT2D eigenvalue weighted by molar-refractivity contribution is 6.71. The van der Waals surface area contributed by atoms with E-state index in [0.717, 1.165) is 17.6 Å². The van der Waals surface area contributed by atoms with Gasteiger partial charge >= 0.3 is 5.97 Å². The van der Waals surface area contributed by atoms with E-state index in [1.54, 1.807) is 0 Å². The molecule has 1 rings (SSSR count). The SMILES string of the molecule is CC1=C(C(=O)O[Si](C)(C)C)CC=C1. The van der Waals surface area contributed by atoms with Gasteiger partial charge < -0.3 is 4.43 Å². The Morgan fingerprint density at radius 1 is 1.46 bits per heavy atom. The predicted octanol–water partition coefficient (Wildman–Crippen LogP) is 2.64. The Labute approximate surface area is 80.4 Å². The number of rotatable bonds is 2. The molecule has 3 heteroatoms. The third-order valence-corrected chi connectivity index (χ3v) is 2.61. The zero-order valence-corrected chi connectivity index (χ0v) is 9.68. The van der Waals surface area contributed by atoms with Crippen LogP contribution < -0.4 is 0 Å². The summed E-state index contributed by atoms with van der Waals surface area (Å²) in [5, 5.41) is 0. The molecule has 0 unspecified atom stereocenters. The Morgan fingerprint density at radius 2 is 2.08 bits per heavy atom. The summed E-state index contributed by atoms with van der Waals surface area (Å²) in [5.74, 6) is -0.123. The van der Waals surface area contributed by atoms with Crippen molar-refractivity contribution in [3.63, 3.8) is 0 Å². The number of carbonyl (C=O) groups excluding carboxylic acids is 1. The van der Waals surface area contributed by atoms with Crippen LogP contribution in [0.4, 0.5) is 0 Å². The van der Waals surface area contributed by atoms with Gasteiger partial charge in [0.05, 0.1) is 0 Å². The molecule has 1 aliphatic carbocycles. The van der Waals surface area contributed by atoms with Crippen LogP contribution in [0.2, 0.25) is 19.6 Å². The Bertz CT molecular complexity index is 282. The molecule has 1 aliphatic rings. The summed E-state index contributed by atoms with van der Waals surface area (Å²) in [6.45, 7) is 8.00. The fourth-order valence-electron chi connectivity index (χ4n) is 1.20. The van der Waals surface area contributed by atoms with Crippen LogP contribution in [0.5, 0.6) is 0 Å². The molecule has 0 N–H and O–H groups in total. The van der Waals surface area contributed by atoms with Gasteiger partial charge in [0.25, 0.3) is 0 Å². The molecule has 0 heterocycles. The highest BCUT2D eigenvalue weighted by atomic mass is 28.4. The Morgan fingerprint density at radius 3 is 2.46 bits per heavy atom. The molecule has 0 saturated carbocycles. The van der Waals surface area contributed by atoms with Crippen molar-refractivity contribution >= 4 is 14.3 Å². The summed E-state index contributed by atoms with van der Waals surface area (Å²) in [5.41, 5.74) is 1.87. The second kappa shape index (κ2) is 3.50. The fourth-order valence-corrected chi connectivity index (χ4v) is 1.88. The average molecular weight is 196 g/mol. The maximum absolute atomic E-state index is 11.6. The summed E-state index contributed by atoms with van der Waals surface area (Å²) in [4.78, 5) is 11.6. The normalized spacial score (nSPS) is 16.6. The van der Waals surface area contributed by atoms with E-state index in [1.807, 2.05) is 38.7 Å². The van der Waals surface area contributed by atoms with E-state index in [0.29, 0.717) is 0 Å². The summed E-state index contributed by atoms with van der Waals surface area (Å²) in [7, 11) is -1.73. The topological polar surface area (TPSA) is 26.3 Å². The molecule has 0 saturated heterocycles. The van der Waals surface area contributed by atoms with E-state index in [-0.39, 0.29) is 5.97 Å². The molecular formula is C10H16O2Si. The van der Waals surface area contributed by atoms with Gasteiger partial charge in [0.1, 0.15) is 0 Å². The van der Waals surface area contributed by atoms with Crippen molar-refractivity contribution in [3.05, 3.63) is 23.3 Å². The lowest BCUT2D eigenvalue weighted by molar-refractivity contribution is -0.130. The first-order valence-corrected chi connectivity index (χ1v) is 7.90. The van der Waals surface area contributed by atoms with E-state index >= 15 is 0 Å². The number of hydrogen-bond acceptors (Lipinski definition) is 2. The molecule has 0 atom stereocenters. The molecule has 0 aromatic carbocycles. The van der Waals surface area contributed by atoms with E-state index in [4.69, 9.17) is 4.43 Å². The number of carbonyl (C=O) groups is 1. The maximum Gasteiger partial charge on any atom is 0.321 e.